The molecular weight excluding hydrogens is 412 g/mol. The Hall–Kier alpha value is -1.88. The van der Waals surface area contributed by atoms with Crippen LogP contribution in [0.15, 0.2) is 30.3 Å². The van der Waals surface area contributed by atoms with E-state index < -0.39 is 12.1 Å². The zero-order valence-corrected chi connectivity index (χ0v) is 21.2. The van der Waals surface area contributed by atoms with Crippen LogP contribution in [0, 0.1) is 17.8 Å². The Labute approximate surface area is 201 Å². The fourth-order valence-electron chi connectivity index (χ4n) is 4.81. The van der Waals surface area contributed by atoms with Crippen LogP contribution in [-0.4, -0.2) is 35.1 Å². The summed E-state index contributed by atoms with van der Waals surface area (Å²) in [6, 6.07) is 8.73. The maximum atomic E-state index is 13.3. The molecule has 1 fully saturated rings. The molecule has 1 aliphatic carbocycles. The van der Waals surface area contributed by atoms with E-state index >= 15 is 0 Å². The summed E-state index contributed by atoms with van der Waals surface area (Å²) in [7, 11) is 0. The molecule has 1 aliphatic rings. The molecular formula is C28H46N2O3. The van der Waals surface area contributed by atoms with Gasteiger partial charge in [-0.3, -0.25) is 9.59 Å². The third-order valence-corrected chi connectivity index (χ3v) is 6.71. The summed E-state index contributed by atoms with van der Waals surface area (Å²) in [5.74, 6) is 1.01. The molecule has 1 aromatic carbocycles. The molecule has 0 heterocycles. The summed E-state index contributed by atoms with van der Waals surface area (Å²) in [5.41, 5.74) is 0.929. The monoisotopic (exact) mass is 458 g/mol. The molecule has 2 rings (SSSR count). The average Bonchev–Trinajstić information content (AvgIpc) is 2.77. The van der Waals surface area contributed by atoms with E-state index in [9.17, 15) is 14.7 Å². The van der Waals surface area contributed by atoms with E-state index in [4.69, 9.17) is 0 Å². The first-order chi connectivity index (χ1) is 15.7. The topological polar surface area (TPSA) is 78.4 Å². The van der Waals surface area contributed by atoms with E-state index in [-0.39, 0.29) is 30.2 Å². The maximum absolute atomic E-state index is 13.3. The van der Waals surface area contributed by atoms with Crippen molar-refractivity contribution >= 4 is 11.8 Å². The zero-order valence-electron chi connectivity index (χ0n) is 21.2. The van der Waals surface area contributed by atoms with Crippen molar-refractivity contribution in [3.05, 3.63) is 35.9 Å². The quantitative estimate of drug-likeness (QED) is 0.389. The second kappa shape index (κ2) is 14.4. The van der Waals surface area contributed by atoms with Crippen LogP contribution in [0.3, 0.4) is 0 Å². The summed E-state index contributed by atoms with van der Waals surface area (Å²) < 4.78 is 0. The van der Waals surface area contributed by atoms with Crippen LogP contribution in [0.2, 0.25) is 0 Å². The van der Waals surface area contributed by atoms with Gasteiger partial charge in [-0.1, -0.05) is 90.1 Å². The van der Waals surface area contributed by atoms with Gasteiger partial charge in [-0.2, -0.15) is 0 Å². The molecule has 0 saturated heterocycles. The summed E-state index contributed by atoms with van der Waals surface area (Å²) in [5, 5.41) is 17.1. The minimum atomic E-state index is -0.590. The molecule has 0 aromatic heterocycles. The van der Waals surface area contributed by atoms with Gasteiger partial charge in [0, 0.05) is 0 Å². The van der Waals surface area contributed by atoms with Gasteiger partial charge in [0.15, 0.2) is 0 Å². The van der Waals surface area contributed by atoms with Crippen LogP contribution in [-0.2, 0) is 16.0 Å². The molecule has 0 radical (unpaired) electrons. The Balaban J connectivity index is 2.04. The molecule has 0 spiro atoms. The number of benzene rings is 1. The van der Waals surface area contributed by atoms with E-state index in [1.165, 1.54) is 32.1 Å². The average molecular weight is 459 g/mol. The third-order valence-electron chi connectivity index (χ3n) is 6.71. The van der Waals surface area contributed by atoms with Crippen LogP contribution >= 0.6 is 0 Å². The number of hydrogen-bond donors (Lipinski definition) is 3. The molecule has 5 nitrogen and oxygen atoms in total. The first-order valence-electron chi connectivity index (χ1n) is 13.1. The fourth-order valence-corrected chi connectivity index (χ4v) is 4.81. The molecule has 0 aliphatic heterocycles. The molecule has 2 amide bonds. The second-order valence-electron chi connectivity index (χ2n) is 10.8. The van der Waals surface area contributed by atoms with Crippen molar-refractivity contribution in [2.45, 2.75) is 110 Å². The summed E-state index contributed by atoms with van der Waals surface area (Å²) >= 11 is 0. The summed E-state index contributed by atoms with van der Waals surface area (Å²) in [4.78, 5) is 26.0. The van der Waals surface area contributed by atoms with Gasteiger partial charge in [-0.15, -0.1) is 0 Å². The highest BCUT2D eigenvalue weighted by atomic mass is 16.3. The molecule has 0 unspecified atom stereocenters. The third kappa shape index (κ3) is 10.7. The lowest BCUT2D eigenvalue weighted by atomic mass is 9.83. The number of carbonyl (C=O) groups is 2. The summed E-state index contributed by atoms with van der Waals surface area (Å²) in [6.07, 6.45) is 8.81. The summed E-state index contributed by atoms with van der Waals surface area (Å²) in [6.45, 7) is 8.42. The first kappa shape index (κ1) is 27.4. The highest BCUT2D eigenvalue weighted by Crippen LogP contribution is 2.29. The molecule has 3 N–H and O–H groups in total. The van der Waals surface area contributed by atoms with Gasteiger partial charge >= 0.3 is 0 Å². The van der Waals surface area contributed by atoms with Gasteiger partial charge in [0.25, 0.3) is 0 Å². The lowest BCUT2D eigenvalue weighted by Gasteiger charge is -2.32. The highest BCUT2D eigenvalue weighted by molar-refractivity contribution is 5.88. The molecule has 33 heavy (non-hydrogen) atoms. The Morgan fingerprint density at radius 1 is 0.939 bits per heavy atom. The number of hydrogen-bond acceptors (Lipinski definition) is 3. The minimum absolute atomic E-state index is 0.147. The van der Waals surface area contributed by atoms with Crippen LogP contribution in [0.25, 0.3) is 0 Å². The number of nitrogens with one attached hydrogen (secondary N) is 2. The van der Waals surface area contributed by atoms with Gasteiger partial charge in [-0.25, -0.2) is 0 Å². The van der Waals surface area contributed by atoms with Crippen molar-refractivity contribution in [3.8, 4) is 0 Å². The van der Waals surface area contributed by atoms with E-state index in [0.29, 0.717) is 24.7 Å². The number of aliphatic hydroxyl groups is 1. The van der Waals surface area contributed by atoms with Gasteiger partial charge in [0.05, 0.1) is 18.6 Å². The lowest BCUT2D eigenvalue weighted by Crippen LogP contribution is -2.53. The zero-order chi connectivity index (χ0) is 24.2. The predicted molar refractivity (Wildman–Crippen MR) is 135 cm³/mol. The molecule has 5 heteroatoms. The van der Waals surface area contributed by atoms with Gasteiger partial charge in [0.2, 0.25) is 11.8 Å². The number of aliphatic hydroxyl groups excluding tert-OH is 1. The van der Waals surface area contributed by atoms with E-state index in [2.05, 4.69) is 38.3 Å². The smallest absolute Gasteiger partial charge is 0.242 e. The predicted octanol–water partition coefficient (Wildman–Crippen LogP) is 5.01. The lowest BCUT2D eigenvalue weighted by molar-refractivity contribution is -0.130. The van der Waals surface area contributed by atoms with Crippen LogP contribution in [0.1, 0.15) is 91.0 Å². The van der Waals surface area contributed by atoms with E-state index in [1.807, 2.05) is 30.3 Å². The second-order valence-corrected chi connectivity index (χ2v) is 10.8. The fraction of sp³-hybridized carbons (Fsp3) is 0.714. The number of carbonyl (C=O) groups excluding carboxylic acids is 2. The molecule has 1 saturated carbocycles. The Bertz CT molecular complexity index is 698. The van der Waals surface area contributed by atoms with Crippen LogP contribution in [0.5, 0.6) is 0 Å². The van der Waals surface area contributed by atoms with Crippen molar-refractivity contribution in [1.29, 1.82) is 0 Å². The van der Waals surface area contributed by atoms with Crippen molar-refractivity contribution in [2.75, 3.05) is 0 Å². The van der Waals surface area contributed by atoms with Gasteiger partial charge < -0.3 is 15.7 Å². The Morgan fingerprint density at radius 2 is 1.61 bits per heavy atom. The van der Waals surface area contributed by atoms with Crippen LogP contribution < -0.4 is 10.6 Å². The molecule has 1 aromatic rings. The molecule has 186 valence electrons. The normalized spacial score (nSPS) is 17.5. The Morgan fingerprint density at radius 3 is 2.21 bits per heavy atom. The van der Waals surface area contributed by atoms with Crippen molar-refractivity contribution in [2.24, 2.45) is 17.8 Å². The number of amides is 2. The van der Waals surface area contributed by atoms with E-state index in [1.54, 1.807) is 0 Å². The van der Waals surface area contributed by atoms with Gasteiger partial charge in [0.1, 0.15) is 6.04 Å². The standard InChI is InChI=1S/C28H46N2O3/c1-20(2)15-16-26(31)24(18-22-11-7-5-8-12-22)30-28(33)25(17-21(3)4)29-27(32)19-23-13-9-6-10-14-23/h6,9-10,13-14,20-22,24-26,31H,5,7-8,11-12,15-19H2,1-4H3,(H,29,32)(H,30,33)/t24-,25-,26+/m0/s1. The molecule has 0 bridgehead atoms. The van der Waals surface area contributed by atoms with Crippen molar-refractivity contribution < 1.29 is 14.7 Å². The Kier molecular flexibility index (Phi) is 11.9. The highest BCUT2D eigenvalue weighted by Gasteiger charge is 2.29. The van der Waals surface area contributed by atoms with Crippen molar-refractivity contribution in [3.63, 3.8) is 0 Å². The molecule has 3 atom stereocenters. The van der Waals surface area contributed by atoms with Gasteiger partial charge in [-0.05, 0) is 49.0 Å². The van der Waals surface area contributed by atoms with E-state index in [0.717, 1.165) is 18.4 Å². The number of rotatable bonds is 13. The minimum Gasteiger partial charge on any atom is -0.391 e. The largest absolute Gasteiger partial charge is 0.391 e. The van der Waals surface area contributed by atoms with Crippen molar-refractivity contribution in [1.82, 2.24) is 10.6 Å². The maximum Gasteiger partial charge on any atom is 0.242 e. The first-order valence-corrected chi connectivity index (χ1v) is 13.1. The van der Waals surface area contributed by atoms with Crippen LogP contribution in [0.4, 0.5) is 0 Å². The SMILES string of the molecule is CC(C)CC[C@@H](O)[C@H](CC1CCCCC1)NC(=O)[C@H](CC(C)C)NC(=O)Cc1ccccc1.